The summed E-state index contributed by atoms with van der Waals surface area (Å²) in [7, 11) is 0. The van der Waals surface area contributed by atoms with Crippen molar-refractivity contribution in [3.05, 3.63) is 102 Å². The van der Waals surface area contributed by atoms with Crippen LogP contribution in [0, 0.1) is 5.92 Å². The van der Waals surface area contributed by atoms with Crippen LogP contribution in [-0.4, -0.2) is 41.9 Å². The van der Waals surface area contributed by atoms with Crippen LogP contribution in [0.1, 0.15) is 36.4 Å². The van der Waals surface area contributed by atoms with Gasteiger partial charge in [0.05, 0.1) is 11.8 Å². The maximum Gasteiger partial charge on any atom is 0.351 e. The van der Waals surface area contributed by atoms with Gasteiger partial charge in [-0.1, -0.05) is 72.8 Å². The maximum absolute atomic E-state index is 13.5. The van der Waals surface area contributed by atoms with E-state index in [0.717, 1.165) is 41.7 Å². The molecule has 3 aromatic rings. The summed E-state index contributed by atoms with van der Waals surface area (Å²) in [6.07, 6.45) is 4.09. The standard InChI is InChI=1S/C31H28N2O5/c34-28(20-37-31(35)27-19-36-25-16-7-8-17-26(25)38-27)33-30(22-12-5-2-6-13-22)24-15-9-14-23(29(24)32-33)18-21-10-3-1-4-11-21/h1-8,10-13,16-18,24,27,30H,9,14-15,19-20H2/b23-18-. The van der Waals surface area contributed by atoms with Gasteiger partial charge in [-0.05, 0) is 54.2 Å². The topological polar surface area (TPSA) is 77.4 Å². The molecule has 0 saturated heterocycles. The molecular weight excluding hydrogens is 480 g/mol. The minimum absolute atomic E-state index is 0.0262. The maximum atomic E-state index is 13.5. The van der Waals surface area contributed by atoms with Crippen molar-refractivity contribution < 1.29 is 23.8 Å². The molecule has 0 aromatic heterocycles. The molecule has 0 N–H and O–H groups in total. The van der Waals surface area contributed by atoms with Crippen molar-refractivity contribution in [1.29, 1.82) is 0 Å². The van der Waals surface area contributed by atoms with Crippen molar-refractivity contribution in [2.24, 2.45) is 11.0 Å². The first kappa shape index (κ1) is 24.0. The van der Waals surface area contributed by atoms with Gasteiger partial charge in [0.15, 0.2) is 18.1 Å². The van der Waals surface area contributed by atoms with Crippen LogP contribution in [0.15, 0.2) is 95.6 Å². The molecule has 1 saturated carbocycles. The predicted molar refractivity (Wildman–Crippen MR) is 143 cm³/mol. The summed E-state index contributed by atoms with van der Waals surface area (Å²) >= 11 is 0. The van der Waals surface area contributed by atoms with Crippen LogP contribution >= 0.6 is 0 Å². The molecule has 0 bridgehead atoms. The summed E-state index contributed by atoms with van der Waals surface area (Å²) in [6.45, 7) is -0.399. The number of fused-ring (bicyclic) bond motifs is 2. The normalized spacial score (nSPS) is 22.9. The number of allylic oxidation sites excluding steroid dienone is 1. The van der Waals surface area contributed by atoms with Crippen molar-refractivity contribution in [3.8, 4) is 11.5 Å². The summed E-state index contributed by atoms with van der Waals surface area (Å²) in [5, 5.41) is 6.36. The predicted octanol–water partition coefficient (Wildman–Crippen LogP) is 5.19. The number of ether oxygens (including phenoxy) is 3. The highest BCUT2D eigenvalue weighted by Gasteiger charge is 2.44. The first-order valence-electron chi connectivity index (χ1n) is 12.9. The fourth-order valence-electron chi connectivity index (χ4n) is 5.37. The van der Waals surface area contributed by atoms with Gasteiger partial charge in [-0.15, -0.1) is 0 Å². The van der Waals surface area contributed by atoms with Gasteiger partial charge in [-0.3, -0.25) is 4.79 Å². The molecule has 2 aliphatic heterocycles. The number of carbonyl (C=O) groups excluding carboxylic acids is 2. The smallest absolute Gasteiger partial charge is 0.351 e. The Morgan fingerprint density at radius 2 is 1.66 bits per heavy atom. The quantitative estimate of drug-likeness (QED) is 0.443. The number of hydrazone groups is 1. The van der Waals surface area contributed by atoms with Gasteiger partial charge in [0.25, 0.3) is 5.91 Å². The Balaban J connectivity index is 1.21. The number of rotatable bonds is 5. The Bertz CT molecular complexity index is 1390. The van der Waals surface area contributed by atoms with Gasteiger partial charge >= 0.3 is 5.97 Å². The third-order valence-electron chi connectivity index (χ3n) is 7.15. The van der Waals surface area contributed by atoms with Crippen LogP contribution in [0.5, 0.6) is 11.5 Å². The molecule has 3 unspecified atom stereocenters. The van der Waals surface area contributed by atoms with Gasteiger partial charge in [0.1, 0.15) is 6.61 Å². The van der Waals surface area contributed by atoms with Crippen LogP contribution in [0.25, 0.3) is 6.08 Å². The lowest BCUT2D eigenvalue weighted by Crippen LogP contribution is -2.40. The molecule has 3 aromatic carbocycles. The molecular formula is C31H28N2O5. The number of hydrogen-bond donors (Lipinski definition) is 0. The van der Waals surface area contributed by atoms with Crippen molar-refractivity contribution in [2.45, 2.75) is 31.4 Å². The van der Waals surface area contributed by atoms with Crippen molar-refractivity contribution in [2.75, 3.05) is 13.2 Å². The molecule has 1 amide bonds. The molecule has 0 spiro atoms. The van der Waals surface area contributed by atoms with E-state index < -0.39 is 18.7 Å². The van der Waals surface area contributed by atoms with E-state index in [-0.39, 0.29) is 24.5 Å². The molecule has 0 radical (unpaired) electrons. The molecule has 7 nitrogen and oxygen atoms in total. The van der Waals surface area contributed by atoms with Crippen LogP contribution in [-0.2, 0) is 14.3 Å². The van der Waals surface area contributed by atoms with Gasteiger partial charge < -0.3 is 14.2 Å². The molecule has 3 aliphatic rings. The third kappa shape index (κ3) is 4.79. The zero-order valence-electron chi connectivity index (χ0n) is 20.9. The van der Waals surface area contributed by atoms with Gasteiger partial charge in [0, 0.05) is 5.92 Å². The second kappa shape index (κ2) is 10.5. The monoisotopic (exact) mass is 508 g/mol. The fourth-order valence-corrected chi connectivity index (χ4v) is 5.37. The molecule has 38 heavy (non-hydrogen) atoms. The highest BCUT2D eigenvalue weighted by Crippen LogP contribution is 2.44. The largest absolute Gasteiger partial charge is 0.485 e. The Kier molecular flexibility index (Phi) is 6.65. The zero-order valence-corrected chi connectivity index (χ0v) is 20.9. The molecule has 3 atom stereocenters. The lowest BCUT2D eigenvalue weighted by atomic mass is 9.77. The van der Waals surface area contributed by atoms with Crippen LogP contribution in [0.4, 0.5) is 0 Å². The first-order valence-corrected chi connectivity index (χ1v) is 12.9. The summed E-state index contributed by atoms with van der Waals surface area (Å²) in [5.74, 6) is 0.118. The SMILES string of the molecule is O=C(OCC(=O)N1N=C2/C(=C\c3ccccc3)CCCC2C1c1ccccc1)C1COc2ccccc2O1. The highest BCUT2D eigenvalue weighted by atomic mass is 16.6. The van der Waals surface area contributed by atoms with E-state index in [9.17, 15) is 9.59 Å². The summed E-state index contributed by atoms with van der Waals surface area (Å²) in [4.78, 5) is 26.2. The number of nitrogens with zero attached hydrogens (tertiary/aromatic N) is 2. The lowest BCUT2D eigenvalue weighted by molar-refractivity contribution is -0.160. The second-order valence-electron chi connectivity index (χ2n) is 9.63. The molecule has 1 aliphatic carbocycles. The molecule has 192 valence electrons. The van der Waals surface area contributed by atoms with E-state index in [1.165, 1.54) is 5.01 Å². The van der Waals surface area contributed by atoms with E-state index in [0.29, 0.717) is 11.5 Å². The Labute approximate surface area is 221 Å². The molecule has 7 heteroatoms. The van der Waals surface area contributed by atoms with Crippen molar-refractivity contribution in [3.63, 3.8) is 0 Å². The number of para-hydroxylation sites is 2. The summed E-state index contributed by atoms with van der Waals surface area (Å²) in [5.41, 5.74) is 4.20. The lowest BCUT2D eigenvalue weighted by Gasteiger charge is -2.29. The summed E-state index contributed by atoms with van der Waals surface area (Å²) in [6, 6.07) is 27.0. The number of carbonyl (C=O) groups is 2. The van der Waals surface area contributed by atoms with Gasteiger partial charge in [-0.25, -0.2) is 9.80 Å². The second-order valence-corrected chi connectivity index (χ2v) is 9.63. The Hall–Kier alpha value is -4.39. The molecule has 1 fully saturated rings. The van der Waals surface area contributed by atoms with Gasteiger partial charge in [-0.2, -0.15) is 5.10 Å². The van der Waals surface area contributed by atoms with E-state index in [4.69, 9.17) is 19.3 Å². The van der Waals surface area contributed by atoms with Gasteiger partial charge in [0.2, 0.25) is 6.10 Å². The first-order chi connectivity index (χ1) is 18.7. The number of esters is 1. The van der Waals surface area contributed by atoms with E-state index in [2.05, 4.69) is 18.2 Å². The number of amides is 1. The Morgan fingerprint density at radius 1 is 0.947 bits per heavy atom. The minimum atomic E-state index is -0.935. The minimum Gasteiger partial charge on any atom is -0.485 e. The van der Waals surface area contributed by atoms with E-state index in [1.807, 2.05) is 54.6 Å². The molecule has 6 rings (SSSR count). The number of hydrogen-bond acceptors (Lipinski definition) is 6. The van der Waals surface area contributed by atoms with Crippen LogP contribution in [0.3, 0.4) is 0 Å². The van der Waals surface area contributed by atoms with E-state index in [1.54, 1.807) is 18.2 Å². The zero-order chi connectivity index (χ0) is 25.9. The summed E-state index contributed by atoms with van der Waals surface area (Å²) < 4.78 is 16.8. The molecule has 2 heterocycles. The average molecular weight is 509 g/mol. The van der Waals surface area contributed by atoms with Crippen molar-refractivity contribution >= 4 is 23.7 Å². The number of benzene rings is 3. The van der Waals surface area contributed by atoms with E-state index >= 15 is 0 Å². The fraction of sp³-hybridized carbons (Fsp3) is 0.258. The van der Waals surface area contributed by atoms with Crippen LogP contribution < -0.4 is 9.47 Å². The third-order valence-corrected chi connectivity index (χ3v) is 7.15. The Morgan fingerprint density at radius 3 is 2.45 bits per heavy atom. The van der Waals surface area contributed by atoms with Crippen molar-refractivity contribution in [1.82, 2.24) is 5.01 Å². The highest BCUT2D eigenvalue weighted by molar-refractivity contribution is 6.08. The average Bonchev–Trinajstić information content (AvgIpc) is 3.37. The van der Waals surface area contributed by atoms with Crippen LogP contribution in [0.2, 0.25) is 0 Å².